The van der Waals surface area contributed by atoms with Crippen LogP contribution in [-0.2, 0) is 14.4 Å². The predicted octanol–water partition coefficient (Wildman–Crippen LogP) is 1.93. The molecule has 3 rings (SSSR count). The highest BCUT2D eigenvalue weighted by Gasteiger charge is 2.30. The molecule has 4 amide bonds. The van der Waals surface area contributed by atoms with Crippen molar-refractivity contribution in [1.82, 2.24) is 4.98 Å². The van der Waals surface area contributed by atoms with Crippen LogP contribution >= 0.6 is 23.1 Å². The molecule has 2 aromatic rings. The van der Waals surface area contributed by atoms with Crippen LogP contribution in [0, 0.1) is 6.92 Å². The number of thioether (sulfide) groups is 1. The minimum atomic E-state index is -0.423. The lowest BCUT2D eigenvalue weighted by Crippen LogP contribution is -2.28. The van der Waals surface area contributed by atoms with Crippen LogP contribution in [0.4, 0.5) is 10.8 Å². The van der Waals surface area contributed by atoms with Crippen LogP contribution < -0.4 is 16.0 Å². The topological polar surface area (TPSA) is 122 Å². The summed E-state index contributed by atoms with van der Waals surface area (Å²) in [6, 6.07) is 6.23. The van der Waals surface area contributed by atoms with E-state index in [0.717, 1.165) is 9.11 Å². The molecular formula is C17H16N4O4S2. The number of carbonyl (C=O) groups excluding carboxylic acids is 4. The number of benzene rings is 1. The average Bonchev–Trinajstić information content (AvgIpc) is 3.14. The van der Waals surface area contributed by atoms with Gasteiger partial charge in [0, 0.05) is 18.4 Å². The maximum Gasteiger partial charge on any atom is 0.257 e. The van der Waals surface area contributed by atoms with Gasteiger partial charge in [0.2, 0.25) is 17.7 Å². The van der Waals surface area contributed by atoms with Crippen molar-refractivity contribution in [2.75, 3.05) is 16.0 Å². The molecule has 1 fully saturated rings. The summed E-state index contributed by atoms with van der Waals surface area (Å²) < 4.78 is 0.811. The van der Waals surface area contributed by atoms with E-state index in [0.29, 0.717) is 22.1 Å². The molecule has 1 aliphatic heterocycles. The summed E-state index contributed by atoms with van der Waals surface area (Å²) in [4.78, 5) is 52.2. The number of nitrogens with two attached hydrogens (primary N) is 1. The van der Waals surface area contributed by atoms with Gasteiger partial charge in [-0.1, -0.05) is 11.3 Å². The number of nitrogens with one attached hydrogen (secondary N) is 1. The summed E-state index contributed by atoms with van der Waals surface area (Å²) in [5.41, 5.74) is 6.67. The van der Waals surface area contributed by atoms with Gasteiger partial charge < -0.3 is 5.73 Å². The minimum Gasteiger partial charge on any atom is -0.369 e. The average molecular weight is 404 g/mol. The lowest BCUT2D eigenvalue weighted by Gasteiger charge is -2.13. The number of aryl methyl sites for hydroxylation is 1. The Bertz CT molecular complexity index is 908. The van der Waals surface area contributed by atoms with Gasteiger partial charge in [0.1, 0.15) is 0 Å². The van der Waals surface area contributed by atoms with E-state index in [9.17, 15) is 19.2 Å². The van der Waals surface area contributed by atoms with Crippen molar-refractivity contribution in [1.29, 1.82) is 0 Å². The highest BCUT2D eigenvalue weighted by molar-refractivity contribution is 8.01. The highest BCUT2D eigenvalue weighted by Crippen LogP contribution is 2.32. The molecule has 0 bridgehead atoms. The Kier molecular flexibility index (Phi) is 5.57. The predicted molar refractivity (Wildman–Crippen MR) is 103 cm³/mol. The molecule has 10 heteroatoms. The molecule has 1 aliphatic rings. The largest absolute Gasteiger partial charge is 0.369 e. The first-order valence-corrected chi connectivity index (χ1v) is 9.81. The summed E-state index contributed by atoms with van der Waals surface area (Å²) >= 11 is 2.54. The molecule has 0 saturated carbocycles. The van der Waals surface area contributed by atoms with Gasteiger partial charge in [-0.25, -0.2) is 4.98 Å². The van der Waals surface area contributed by atoms with Crippen molar-refractivity contribution < 1.29 is 19.2 Å². The quantitative estimate of drug-likeness (QED) is 0.560. The highest BCUT2D eigenvalue weighted by atomic mass is 32.2. The summed E-state index contributed by atoms with van der Waals surface area (Å²) in [7, 11) is 0. The van der Waals surface area contributed by atoms with Crippen molar-refractivity contribution in [3.8, 4) is 0 Å². The molecule has 0 unspecified atom stereocenters. The minimum absolute atomic E-state index is 0.145. The molecule has 0 radical (unpaired) electrons. The molecule has 0 atom stereocenters. The summed E-state index contributed by atoms with van der Waals surface area (Å²) in [6.45, 7) is 1.79. The lowest BCUT2D eigenvalue weighted by atomic mass is 10.2. The van der Waals surface area contributed by atoms with Crippen molar-refractivity contribution in [3.63, 3.8) is 0 Å². The molecular weight excluding hydrogens is 388 g/mol. The fraction of sp³-hybridized carbons (Fsp3) is 0.235. The van der Waals surface area contributed by atoms with Crippen molar-refractivity contribution >= 4 is 57.5 Å². The molecule has 1 saturated heterocycles. The smallest absolute Gasteiger partial charge is 0.257 e. The van der Waals surface area contributed by atoms with Crippen LogP contribution in [0.15, 0.2) is 28.5 Å². The van der Waals surface area contributed by atoms with E-state index in [-0.39, 0.29) is 36.3 Å². The Morgan fingerprint density at radius 1 is 1.22 bits per heavy atom. The third-order valence-corrected chi connectivity index (χ3v) is 6.22. The Labute approximate surface area is 163 Å². The number of anilines is 2. The fourth-order valence-electron chi connectivity index (χ4n) is 2.50. The number of amides is 4. The van der Waals surface area contributed by atoms with Gasteiger partial charge in [-0.15, -0.1) is 11.8 Å². The maximum absolute atomic E-state index is 12.4. The Morgan fingerprint density at radius 3 is 2.44 bits per heavy atom. The van der Waals surface area contributed by atoms with E-state index in [4.69, 9.17) is 5.73 Å². The number of thiazole rings is 1. The summed E-state index contributed by atoms with van der Waals surface area (Å²) in [5, 5.41) is 3.12. The zero-order valence-electron chi connectivity index (χ0n) is 14.4. The standard InChI is InChI=1S/C17H16N4O4S2/c1-9-16(26-8-12(18)22)27-17(19-9)20-15(25)10-2-4-11(5-3-10)21-13(23)6-7-14(21)24/h2-5H,6-8H2,1H3,(H2,18,22)(H,19,20,25). The van der Waals surface area contributed by atoms with Crippen molar-refractivity contribution in [2.45, 2.75) is 24.0 Å². The first-order chi connectivity index (χ1) is 12.8. The molecule has 140 valence electrons. The lowest BCUT2D eigenvalue weighted by molar-refractivity contribution is -0.121. The van der Waals surface area contributed by atoms with Gasteiger partial charge in [-0.05, 0) is 31.2 Å². The Morgan fingerprint density at radius 2 is 1.85 bits per heavy atom. The second-order valence-corrected chi connectivity index (χ2v) is 8.01. The van der Waals surface area contributed by atoms with Gasteiger partial charge in [0.25, 0.3) is 5.91 Å². The van der Waals surface area contributed by atoms with Gasteiger partial charge >= 0.3 is 0 Å². The second kappa shape index (κ2) is 7.89. The van der Waals surface area contributed by atoms with Crippen LogP contribution in [0.25, 0.3) is 0 Å². The van der Waals surface area contributed by atoms with E-state index < -0.39 is 5.91 Å². The van der Waals surface area contributed by atoms with E-state index in [1.807, 2.05) is 0 Å². The van der Waals surface area contributed by atoms with E-state index in [1.165, 1.54) is 23.1 Å². The Balaban J connectivity index is 1.68. The van der Waals surface area contributed by atoms with Crippen LogP contribution in [0.3, 0.4) is 0 Å². The van der Waals surface area contributed by atoms with Gasteiger partial charge in [0.15, 0.2) is 5.13 Å². The number of hydrogen-bond donors (Lipinski definition) is 2. The number of nitrogens with zero attached hydrogens (tertiary/aromatic N) is 2. The molecule has 2 heterocycles. The SMILES string of the molecule is Cc1nc(NC(=O)c2ccc(N3C(=O)CCC3=O)cc2)sc1SCC(N)=O. The van der Waals surface area contributed by atoms with E-state index in [2.05, 4.69) is 10.3 Å². The first-order valence-electron chi connectivity index (χ1n) is 8.01. The Hall–Kier alpha value is -2.72. The van der Waals surface area contributed by atoms with E-state index >= 15 is 0 Å². The van der Waals surface area contributed by atoms with Gasteiger partial charge in [0.05, 0.1) is 21.3 Å². The van der Waals surface area contributed by atoms with Crippen molar-refractivity contribution in [3.05, 3.63) is 35.5 Å². The maximum atomic E-state index is 12.4. The molecule has 1 aromatic carbocycles. The van der Waals surface area contributed by atoms with Crippen LogP contribution in [0.1, 0.15) is 28.9 Å². The molecule has 3 N–H and O–H groups in total. The third-order valence-electron chi connectivity index (χ3n) is 3.76. The zero-order valence-corrected chi connectivity index (χ0v) is 16.0. The van der Waals surface area contributed by atoms with E-state index in [1.54, 1.807) is 31.2 Å². The van der Waals surface area contributed by atoms with Crippen LogP contribution in [0.5, 0.6) is 0 Å². The number of carbonyl (C=O) groups is 4. The molecule has 27 heavy (non-hydrogen) atoms. The molecule has 0 aliphatic carbocycles. The van der Waals surface area contributed by atoms with Crippen LogP contribution in [-0.4, -0.2) is 34.4 Å². The molecule has 8 nitrogen and oxygen atoms in total. The van der Waals surface area contributed by atoms with Gasteiger partial charge in [-0.2, -0.15) is 0 Å². The molecule has 1 aromatic heterocycles. The van der Waals surface area contributed by atoms with Crippen molar-refractivity contribution in [2.24, 2.45) is 5.73 Å². The zero-order chi connectivity index (χ0) is 19.6. The summed E-state index contributed by atoms with van der Waals surface area (Å²) in [6.07, 6.45) is 0.418. The summed E-state index contributed by atoms with van der Waals surface area (Å²) in [5.74, 6) is -1.12. The monoisotopic (exact) mass is 404 g/mol. The molecule has 0 spiro atoms. The second-order valence-electron chi connectivity index (χ2n) is 5.77. The van der Waals surface area contributed by atoms with Gasteiger partial charge in [-0.3, -0.25) is 29.4 Å². The number of aromatic nitrogens is 1. The third kappa shape index (κ3) is 4.34. The first kappa shape index (κ1) is 19.1. The number of primary amides is 1. The number of hydrogen-bond acceptors (Lipinski definition) is 7. The fourth-order valence-corrected chi connectivity index (χ4v) is 4.37. The number of imide groups is 1. The van der Waals surface area contributed by atoms with Crippen LogP contribution in [0.2, 0.25) is 0 Å². The number of rotatable bonds is 6. The normalized spacial score (nSPS) is 13.9.